The fraction of sp³-hybridized carbons (Fsp3) is 0.750. The molecule has 1 aliphatic carbocycles. The number of thiophene rings is 1. The molecule has 0 bridgehead atoms. The summed E-state index contributed by atoms with van der Waals surface area (Å²) in [6.07, 6.45) is 4.13. The maximum absolute atomic E-state index is 6.18. The molecule has 0 amide bonds. The van der Waals surface area contributed by atoms with Crippen molar-refractivity contribution >= 4 is 11.3 Å². The Morgan fingerprint density at radius 3 is 2.74 bits per heavy atom. The summed E-state index contributed by atoms with van der Waals surface area (Å²) < 4.78 is 6.18. The Bertz CT molecular complexity index is 424. The molecule has 2 rings (SSSR count). The van der Waals surface area contributed by atoms with Gasteiger partial charge in [0, 0.05) is 16.3 Å². The fourth-order valence-electron chi connectivity index (χ4n) is 3.42. The van der Waals surface area contributed by atoms with E-state index >= 15 is 0 Å². The highest BCUT2D eigenvalue weighted by molar-refractivity contribution is 7.12. The van der Waals surface area contributed by atoms with E-state index in [0.29, 0.717) is 18.1 Å². The minimum absolute atomic E-state index is 0.416. The van der Waals surface area contributed by atoms with Gasteiger partial charge in [0.1, 0.15) is 0 Å². The lowest BCUT2D eigenvalue weighted by atomic mass is 9.71. The molecule has 1 aromatic heterocycles. The van der Waals surface area contributed by atoms with Crippen LogP contribution in [0.15, 0.2) is 6.07 Å². The van der Waals surface area contributed by atoms with Gasteiger partial charge >= 0.3 is 0 Å². The average molecular weight is 281 g/mol. The first-order valence-electron chi connectivity index (χ1n) is 7.29. The van der Waals surface area contributed by atoms with Crippen LogP contribution in [0.2, 0.25) is 0 Å². The minimum atomic E-state index is 0.416. The molecule has 0 aliphatic heterocycles. The molecule has 2 atom stereocenters. The summed E-state index contributed by atoms with van der Waals surface area (Å²) in [4.78, 5) is 2.61. The molecule has 0 saturated heterocycles. The van der Waals surface area contributed by atoms with Crippen molar-refractivity contribution in [3.8, 4) is 0 Å². The van der Waals surface area contributed by atoms with E-state index in [2.05, 4.69) is 33.8 Å². The first-order chi connectivity index (χ1) is 8.89. The summed E-state index contributed by atoms with van der Waals surface area (Å²) in [5, 5.41) is 0. The Morgan fingerprint density at radius 2 is 2.16 bits per heavy atom. The molecule has 2 nitrogen and oxygen atoms in total. The van der Waals surface area contributed by atoms with Crippen molar-refractivity contribution in [2.24, 2.45) is 17.1 Å². The number of aryl methyl sites for hydroxylation is 1. The van der Waals surface area contributed by atoms with Crippen molar-refractivity contribution < 1.29 is 4.74 Å². The highest BCUT2D eigenvalue weighted by Gasteiger charge is 2.32. The Hall–Kier alpha value is -0.380. The summed E-state index contributed by atoms with van der Waals surface area (Å²) in [6, 6.07) is 2.21. The maximum Gasteiger partial charge on any atom is 0.0731 e. The van der Waals surface area contributed by atoms with Gasteiger partial charge in [-0.05, 0) is 49.1 Å². The molecule has 0 spiro atoms. The molecule has 0 radical (unpaired) electrons. The van der Waals surface area contributed by atoms with E-state index in [1.54, 1.807) is 11.3 Å². The zero-order valence-electron chi connectivity index (χ0n) is 12.7. The molecular weight excluding hydrogens is 254 g/mol. The molecule has 3 heteroatoms. The second-order valence-electron chi connectivity index (χ2n) is 6.84. The van der Waals surface area contributed by atoms with Crippen LogP contribution in [0, 0.1) is 18.3 Å². The third-order valence-corrected chi connectivity index (χ3v) is 5.21. The third kappa shape index (κ3) is 4.04. The summed E-state index contributed by atoms with van der Waals surface area (Å²) in [5.41, 5.74) is 7.44. The van der Waals surface area contributed by atoms with Crippen LogP contribution in [0.4, 0.5) is 0 Å². The van der Waals surface area contributed by atoms with Crippen LogP contribution in [0.1, 0.15) is 55.4 Å². The average Bonchev–Trinajstić information content (AvgIpc) is 2.65. The molecule has 1 aliphatic rings. The van der Waals surface area contributed by atoms with Gasteiger partial charge in [-0.1, -0.05) is 20.8 Å². The molecular formula is C16H27NOS. The molecule has 1 fully saturated rings. The summed E-state index contributed by atoms with van der Waals surface area (Å²) in [5.74, 6) is 0.775. The molecule has 0 aromatic carbocycles. The van der Waals surface area contributed by atoms with Crippen LogP contribution in [-0.4, -0.2) is 6.10 Å². The number of rotatable bonds is 4. The maximum atomic E-state index is 6.18. The van der Waals surface area contributed by atoms with Crippen LogP contribution in [-0.2, 0) is 17.9 Å². The number of nitrogens with two attached hydrogens (primary N) is 1. The lowest BCUT2D eigenvalue weighted by Crippen LogP contribution is -2.32. The number of ether oxygens (including phenoxy) is 1. The zero-order chi connectivity index (χ0) is 14.0. The van der Waals surface area contributed by atoms with Gasteiger partial charge in [-0.15, -0.1) is 11.3 Å². The SMILES string of the molecule is Cc1sc(CN)cc1COC1CC(C)CC(C)(C)C1. The molecule has 1 saturated carbocycles. The van der Waals surface area contributed by atoms with Gasteiger partial charge in [-0.3, -0.25) is 0 Å². The zero-order valence-corrected chi connectivity index (χ0v) is 13.5. The van der Waals surface area contributed by atoms with Crippen molar-refractivity contribution in [3.63, 3.8) is 0 Å². The summed E-state index contributed by atoms with van der Waals surface area (Å²) in [6.45, 7) is 10.6. The van der Waals surface area contributed by atoms with E-state index in [1.807, 2.05) is 0 Å². The molecule has 1 aromatic rings. The van der Waals surface area contributed by atoms with E-state index in [1.165, 1.54) is 34.6 Å². The van der Waals surface area contributed by atoms with Crippen LogP contribution in [0.3, 0.4) is 0 Å². The number of hydrogen-bond acceptors (Lipinski definition) is 3. The first kappa shape index (κ1) is 15.0. The quantitative estimate of drug-likeness (QED) is 0.895. The van der Waals surface area contributed by atoms with Gasteiger partial charge in [-0.2, -0.15) is 0 Å². The minimum Gasteiger partial charge on any atom is -0.373 e. The summed E-state index contributed by atoms with van der Waals surface area (Å²) in [7, 11) is 0. The summed E-state index contributed by atoms with van der Waals surface area (Å²) >= 11 is 1.80. The molecule has 108 valence electrons. The monoisotopic (exact) mass is 281 g/mol. The van der Waals surface area contributed by atoms with Gasteiger partial charge < -0.3 is 10.5 Å². The Morgan fingerprint density at radius 1 is 1.42 bits per heavy atom. The van der Waals surface area contributed by atoms with Gasteiger partial charge in [-0.25, -0.2) is 0 Å². The Labute approximate surface area is 121 Å². The van der Waals surface area contributed by atoms with E-state index in [-0.39, 0.29) is 0 Å². The van der Waals surface area contributed by atoms with E-state index in [9.17, 15) is 0 Å². The van der Waals surface area contributed by atoms with Gasteiger partial charge in [0.25, 0.3) is 0 Å². The molecule has 19 heavy (non-hydrogen) atoms. The van der Waals surface area contributed by atoms with E-state index < -0.39 is 0 Å². The fourth-order valence-corrected chi connectivity index (χ4v) is 4.35. The van der Waals surface area contributed by atoms with Crippen molar-refractivity contribution in [1.82, 2.24) is 0 Å². The van der Waals surface area contributed by atoms with Gasteiger partial charge in [0.05, 0.1) is 12.7 Å². The third-order valence-electron chi connectivity index (χ3n) is 4.09. The van der Waals surface area contributed by atoms with Crippen molar-refractivity contribution in [2.45, 2.75) is 66.2 Å². The van der Waals surface area contributed by atoms with Crippen LogP contribution in [0.25, 0.3) is 0 Å². The van der Waals surface area contributed by atoms with Crippen LogP contribution >= 0.6 is 11.3 Å². The Kier molecular flexibility index (Phi) is 4.70. The second kappa shape index (κ2) is 5.94. The molecule has 1 heterocycles. The number of hydrogen-bond donors (Lipinski definition) is 1. The predicted octanol–water partition coefficient (Wildman–Crippen LogP) is 4.25. The van der Waals surface area contributed by atoms with Gasteiger partial charge in [0.2, 0.25) is 0 Å². The van der Waals surface area contributed by atoms with Crippen LogP contribution in [0.5, 0.6) is 0 Å². The lowest BCUT2D eigenvalue weighted by Gasteiger charge is -2.38. The predicted molar refractivity (Wildman–Crippen MR) is 82.3 cm³/mol. The van der Waals surface area contributed by atoms with Crippen LogP contribution < -0.4 is 5.73 Å². The molecule has 2 N–H and O–H groups in total. The van der Waals surface area contributed by atoms with Crippen molar-refractivity contribution in [3.05, 3.63) is 21.4 Å². The largest absolute Gasteiger partial charge is 0.373 e. The van der Waals surface area contributed by atoms with Crippen molar-refractivity contribution in [1.29, 1.82) is 0 Å². The van der Waals surface area contributed by atoms with E-state index in [4.69, 9.17) is 10.5 Å². The highest BCUT2D eigenvalue weighted by atomic mass is 32.1. The standard InChI is InChI=1S/C16H27NOS/c1-11-5-14(8-16(3,4)7-11)18-10-13-6-15(9-17)19-12(13)2/h6,11,14H,5,7-10,17H2,1-4H3. The van der Waals surface area contributed by atoms with Crippen molar-refractivity contribution in [2.75, 3.05) is 0 Å². The molecule has 2 unspecified atom stereocenters. The smallest absolute Gasteiger partial charge is 0.0731 e. The van der Waals surface area contributed by atoms with E-state index in [0.717, 1.165) is 12.5 Å². The van der Waals surface area contributed by atoms with Gasteiger partial charge in [0.15, 0.2) is 0 Å². The lowest BCUT2D eigenvalue weighted by molar-refractivity contribution is -0.0316. The topological polar surface area (TPSA) is 35.2 Å². The Balaban J connectivity index is 1.92. The second-order valence-corrected chi connectivity index (χ2v) is 8.19. The normalized spacial score (nSPS) is 26.6. The highest BCUT2D eigenvalue weighted by Crippen LogP contribution is 2.40. The first-order valence-corrected chi connectivity index (χ1v) is 8.11.